The standard InChI is InChI=1S/C12H14ClNO2/c1-7(6-14)9-4-3-8-5-10(13)16-11(8)12(9)15-2/h3-5,7H,6,14H2,1-2H3. The molecule has 0 amide bonds. The van der Waals surface area contributed by atoms with Crippen LogP contribution in [0.2, 0.25) is 5.22 Å². The van der Waals surface area contributed by atoms with Gasteiger partial charge in [0.2, 0.25) is 0 Å². The lowest BCUT2D eigenvalue weighted by Crippen LogP contribution is -2.10. The summed E-state index contributed by atoms with van der Waals surface area (Å²) in [7, 11) is 1.62. The zero-order chi connectivity index (χ0) is 11.7. The van der Waals surface area contributed by atoms with Crippen LogP contribution < -0.4 is 10.5 Å². The number of furan rings is 1. The van der Waals surface area contributed by atoms with E-state index in [4.69, 9.17) is 26.5 Å². The molecule has 1 atom stereocenters. The molecule has 1 unspecified atom stereocenters. The summed E-state index contributed by atoms with van der Waals surface area (Å²) < 4.78 is 10.8. The van der Waals surface area contributed by atoms with E-state index in [1.807, 2.05) is 19.1 Å². The molecule has 0 aliphatic heterocycles. The molecule has 1 aromatic carbocycles. The van der Waals surface area contributed by atoms with E-state index < -0.39 is 0 Å². The minimum absolute atomic E-state index is 0.225. The van der Waals surface area contributed by atoms with Crippen LogP contribution in [0.25, 0.3) is 11.0 Å². The summed E-state index contributed by atoms with van der Waals surface area (Å²) in [5, 5.41) is 1.31. The summed E-state index contributed by atoms with van der Waals surface area (Å²) in [5.74, 6) is 0.950. The second-order valence-corrected chi connectivity index (χ2v) is 4.17. The molecule has 0 bridgehead atoms. The van der Waals surface area contributed by atoms with Crippen LogP contribution >= 0.6 is 11.6 Å². The quantitative estimate of drug-likeness (QED) is 0.895. The third-order valence-electron chi connectivity index (χ3n) is 2.73. The van der Waals surface area contributed by atoms with Crippen molar-refractivity contribution < 1.29 is 9.15 Å². The normalized spacial score (nSPS) is 13.0. The molecule has 0 saturated carbocycles. The first-order valence-corrected chi connectivity index (χ1v) is 5.51. The molecule has 16 heavy (non-hydrogen) atoms. The Morgan fingerprint density at radius 2 is 2.25 bits per heavy atom. The summed E-state index contributed by atoms with van der Waals surface area (Å²) >= 11 is 5.83. The Morgan fingerprint density at radius 3 is 2.88 bits per heavy atom. The zero-order valence-corrected chi connectivity index (χ0v) is 10.0. The number of fused-ring (bicyclic) bond motifs is 1. The van der Waals surface area contributed by atoms with Gasteiger partial charge < -0.3 is 14.9 Å². The van der Waals surface area contributed by atoms with Crippen molar-refractivity contribution in [2.75, 3.05) is 13.7 Å². The predicted molar refractivity (Wildman–Crippen MR) is 65.2 cm³/mol. The van der Waals surface area contributed by atoms with Gasteiger partial charge in [-0.1, -0.05) is 19.1 Å². The molecule has 3 nitrogen and oxygen atoms in total. The summed E-state index contributed by atoms with van der Waals surface area (Å²) in [6.45, 7) is 2.62. The lowest BCUT2D eigenvalue weighted by Gasteiger charge is -2.13. The molecule has 1 heterocycles. The Bertz CT molecular complexity index is 507. The monoisotopic (exact) mass is 239 g/mol. The van der Waals surface area contributed by atoms with Crippen molar-refractivity contribution in [3.05, 3.63) is 29.0 Å². The van der Waals surface area contributed by atoms with Crippen LogP contribution in [0.4, 0.5) is 0 Å². The molecule has 86 valence electrons. The molecule has 1 aromatic heterocycles. The molecule has 0 fully saturated rings. The van der Waals surface area contributed by atoms with Gasteiger partial charge in [-0.05, 0) is 24.1 Å². The van der Waals surface area contributed by atoms with Crippen LogP contribution in [0.3, 0.4) is 0 Å². The van der Waals surface area contributed by atoms with Crippen LogP contribution in [-0.4, -0.2) is 13.7 Å². The minimum atomic E-state index is 0.225. The molecule has 0 spiro atoms. The van der Waals surface area contributed by atoms with Crippen molar-refractivity contribution >= 4 is 22.6 Å². The molecular weight excluding hydrogens is 226 g/mol. The highest BCUT2D eigenvalue weighted by atomic mass is 35.5. The molecule has 4 heteroatoms. The van der Waals surface area contributed by atoms with Gasteiger partial charge in [-0.2, -0.15) is 0 Å². The maximum absolute atomic E-state index is 5.83. The summed E-state index contributed by atoms with van der Waals surface area (Å²) in [6.07, 6.45) is 0. The maximum atomic E-state index is 5.83. The summed E-state index contributed by atoms with van der Waals surface area (Å²) in [4.78, 5) is 0. The Kier molecular flexibility index (Phi) is 3.08. The van der Waals surface area contributed by atoms with Crippen LogP contribution in [0.1, 0.15) is 18.4 Å². The average Bonchev–Trinajstić information content (AvgIpc) is 2.66. The molecule has 0 radical (unpaired) electrons. The number of nitrogens with two attached hydrogens (primary N) is 1. The Balaban J connectivity index is 2.66. The minimum Gasteiger partial charge on any atom is -0.493 e. The van der Waals surface area contributed by atoms with E-state index >= 15 is 0 Å². The second-order valence-electron chi connectivity index (χ2n) is 3.79. The predicted octanol–water partition coefficient (Wildman–Crippen LogP) is 3.16. The van der Waals surface area contributed by atoms with Crippen molar-refractivity contribution in [1.29, 1.82) is 0 Å². The summed E-state index contributed by atoms with van der Waals surface area (Å²) in [5.41, 5.74) is 7.40. The van der Waals surface area contributed by atoms with Crippen LogP contribution in [0.15, 0.2) is 22.6 Å². The van der Waals surface area contributed by atoms with E-state index in [1.54, 1.807) is 13.2 Å². The number of hydrogen-bond donors (Lipinski definition) is 1. The molecule has 2 aromatic rings. The number of methoxy groups -OCH3 is 1. The molecule has 0 aliphatic rings. The third-order valence-corrected chi connectivity index (χ3v) is 2.92. The highest BCUT2D eigenvalue weighted by molar-refractivity contribution is 6.29. The fourth-order valence-corrected chi connectivity index (χ4v) is 1.98. The van der Waals surface area contributed by atoms with Crippen LogP contribution in [-0.2, 0) is 0 Å². The molecule has 2 N–H and O–H groups in total. The number of hydrogen-bond acceptors (Lipinski definition) is 3. The van der Waals surface area contributed by atoms with E-state index in [-0.39, 0.29) is 5.92 Å². The van der Waals surface area contributed by atoms with E-state index in [2.05, 4.69) is 0 Å². The zero-order valence-electron chi connectivity index (χ0n) is 9.29. The average molecular weight is 240 g/mol. The Morgan fingerprint density at radius 1 is 1.50 bits per heavy atom. The smallest absolute Gasteiger partial charge is 0.194 e. The van der Waals surface area contributed by atoms with E-state index in [0.29, 0.717) is 17.3 Å². The maximum Gasteiger partial charge on any atom is 0.194 e. The van der Waals surface area contributed by atoms with Gasteiger partial charge >= 0.3 is 0 Å². The first-order valence-electron chi connectivity index (χ1n) is 5.13. The first-order chi connectivity index (χ1) is 7.67. The number of ether oxygens (including phenoxy) is 1. The van der Waals surface area contributed by atoms with Gasteiger partial charge in [-0.3, -0.25) is 0 Å². The highest BCUT2D eigenvalue weighted by Crippen LogP contribution is 2.36. The second kappa shape index (κ2) is 4.36. The molecule has 2 rings (SSSR count). The number of rotatable bonds is 3. The largest absolute Gasteiger partial charge is 0.493 e. The number of benzene rings is 1. The van der Waals surface area contributed by atoms with Crippen molar-refractivity contribution in [3.63, 3.8) is 0 Å². The van der Waals surface area contributed by atoms with Crippen molar-refractivity contribution in [3.8, 4) is 5.75 Å². The number of halogens is 1. The van der Waals surface area contributed by atoms with Crippen LogP contribution in [0.5, 0.6) is 5.75 Å². The van der Waals surface area contributed by atoms with E-state index in [9.17, 15) is 0 Å². The topological polar surface area (TPSA) is 48.4 Å². The van der Waals surface area contributed by atoms with Gasteiger partial charge in [0.1, 0.15) is 0 Å². The van der Waals surface area contributed by atoms with Crippen molar-refractivity contribution in [1.82, 2.24) is 0 Å². The first kappa shape index (κ1) is 11.3. The molecular formula is C12H14ClNO2. The Hall–Kier alpha value is -1.19. The summed E-state index contributed by atoms with van der Waals surface area (Å²) in [6, 6.07) is 5.75. The Labute approximate surface area is 99.1 Å². The fourth-order valence-electron chi connectivity index (χ4n) is 1.79. The van der Waals surface area contributed by atoms with E-state index in [0.717, 1.165) is 16.7 Å². The lowest BCUT2D eigenvalue weighted by atomic mass is 9.99. The SMILES string of the molecule is COc1c(C(C)CN)ccc2cc(Cl)oc12. The van der Waals surface area contributed by atoms with Gasteiger partial charge in [0, 0.05) is 17.0 Å². The molecule has 0 aliphatic carbocycles. The van der Waals surface area contributed by atoms with Gasteiger partial charge in [0.05, 0.1) is 7.11 Å². The fraction of sp³-hybridized carbons (Fsp3) is 0.333. The van der Waals surface area contributed by atoms with Gasteiger partial charge in [-0.15, -0.1) is 0 Å². The van der Waals surface area contributed by atoms with Gasteiger partial charge in [0.15, 0.2) is 16.6 Å². The third kappa shape index (κ3) is 1.77. The highest BCUT2D eigenvalue weighted by Gasteiger charge is 2.16. The van der Waals surface area contributed by atoms with Gasteiger partial charge in [-0.25, -0.2) is 0 Å². The van der Waals surface area contributed by atoms with Crippen molar-refractivity contribution in [2.45, 2.75) is 12.8 Å². The van der Waals surface area contributed by atoms with Gasteiger partial charge in [0.25, 0.3) is 0 Å². The van der Waals surface area contributed by atoms with Crippen molar-refractivity contribution in [2.24, 2.45) is 5.73 Å². The lowest BCUT2D eigenvalue weighted by molar-refractivity contribution is 0.402. The van der Waals surface area contributed by atoms with E-state index in [1.165, 1.54) is 0 Å². The van der Waals surface area contributed by atoms with Crippen LogP contribution in [0, 0.1) is 0 Å². The molecule has 0 saturated heterocycles.